The molecule has 0 spiro atoms. The van der Waals surface area contributed by atoms with Gasteiger partial charge in [0, 0.05) is 0 Å². The lowest BCUT2D eigenvalue weighted by Gasteiger charge is -2.17. The highest BCUT2D eigenvalue weighted by atomic mass is 16.5. The van der Waals surface area contributed by atoms with E-state index in [9.17, 15) is 19.2 Å². The van der Waals surface area contributed by atoms with Gasteiger partial charge in [-0.2, -0.15) is 0 Å². The second kappa shape index (κ2) is 9.13. The summed E-state index contributed by atoms with van der Waals surface area (Å²) in [6, 6.07) is 6.21. The molecule has 2 amide bonds. The van der Waals surface area contributed by atoms with Crippen LogP contribution in [0.5, 0.6) is 0 Å². The Kier molecular flexibility index (Phi) is 7.21. The average molecular weight is 338 g/mol. The molecular weight excluding hydrogens is 320 g/mol. The van der Waals surface area contributed by atoms with Crippen molar-refractivity contribution in [2.75, 3.05) is 0 Å². The van der Waals surface area contributed by atoms with Gasteiger partial charge in [0.1, 0.15) is 18.7 Å². The fourth-order valence-electron chi connectivity index (χ4n) is 1.68. The summed E-state index contributed by atoms with van der Waals surface area (Å²) in [6.45, 7) is 1.33. The summed E-state index contributed by atoms with van der Waals surface area (Å²) in [5, 5.41) is 21.7. The van der Waals surface area contributed by atoms with Gasteiger partial charge in [0.15, 0.2) is 0 Å². The van der Waals surface area contributed by atoms with E-state index in [1.807, 2.05) is 11.4 Å². The quantitative estimate of drug-likeness (QED) is 0.535. The fourth-order valence-corrected chi connectivity index (χ4v) is 1.68. The lowest BCUT2D eigenvalue weighted by molar-refractivity contribution is -0.147. The highest BCUT2D eigenvalue weighted by Crippen LogP contribution is 2.01. The molecule has 2 atom stereocenters. The first-order chi connectivity index (χ1) is 11.3. The van der Waals surface area contributed by atoms with E-state index in [0.29, 0.717) is 0 Å². The third-order valence-corrected chi connectivity index (χ3v) is 2.93. The summed E-state index contributed by atoms with van der Waals surface area (Å²) in [5.41, 5.74) is 0.761. The van der Waals surface area contributed by atoms with Gasteiger partial charge in [-0.15, -0.1) is 0 Å². The van der Waals surface area contributed by atoms with Gasteiger partial charge in [-0.05, 0) is 12.5 Å². The lowest BCUT2D eigenvalue weighted by atomic mass is 10.2. The average Bonchev–Trinajstić information content (AvgIpc) is 2.52. The molecule has 4 N–H and O–H groups in total. The summed E-state index contributed by atoms with van der Waals surface area (Å²) < 4.78 is 4.93. The summed E-state index contributed by atoms with van der Waals surface area (Å²) >= 11 is 0. The molecule has 9 heteroatoms. The van der Waals surface area contributed by atoms with Crippen LogP contribution in [0.15, 0.2) is 30.3 Å². The Balaban J connectivity index is 2.45. The monoisotopic (exact) mass is 338 g/mol. The number of ether oxygens (including phenoxy) is 1. The molecule has 1 rings (SSSR count). The molecule has 1 aromatic rings. The van der Waals surface area contributed by atoms with Crippen molar-refractivity contribution in [3.05, 3.63) is 35.9 Å². The predicted octanol–water partition coefficient (Wildman–Crippen LogP) is 0.345. The summed E-state index contributed by atoms with van der Waals surface area (Å²) in [6.07, 6.45) is -1.63. The topological polar surface area (TPSA) is 142 Å². The van der Waals surface area contributed by atoms with Crippen LogP contribution in [-0.4, -0.2) is 46.2 Å². The first-order valence-electron chi connectivity index (χ1n) is 7.01. The molecule has 0 saturated carbocycles. The van der Waals surface area contributed by atoms with Gasteiger partial charge in [-0.1, -0.05) is 30.3 Å². The van der Waals surface area contributed by atoms with Crippen molar-refractivity contribution >= 4 is 23.9 Å². The number of aliphatic carboxylic acids is 2. The number of hydrogen-bond acceptors (Lipinski definition) is 5. The maximum absolute atomic E-state index is 11.8. The SMILES string of the molecule is CC(NC(=O)OCc1ccccc1)C(=O)N[C@@H](CC(=O)O)C(=O)O. The summed E-state index contributed by atoms with van der Waals surface area (Å²) in [4.78, 5) is 44.9. The normalized spacial score (nSPS) is 12.5. The van der Waals surface area contributed by atoms with Gasteiger partial charge in [-0.25, -0.2) is 9.59 Å². The second-order valence-corrected chi connectivity index (χ2v) is 4.93. The van der Waals surface area contributed by atoms with Crippen LogP contribution in [0.25, 0.3) is 0 Å². The molecule has 24 heavy (non-hydrogen) atoms. The minimum atomic E-state index is -1.58. The molecule has 9 nitrogen and oxygen atoms in total. The van der Waals surface area contributed by atoms with Crippen LogP contribution in [0.1, 0.15) is 18.9 Å². The Hall–Kier alpha value is -3.10. The highest BCUT2D eigenvalue weighted by Gasteiger charge is 2.26. The van der Waals surface area contributed by atoms with Crippen LogP contribution in [0.4, 0.5) is 4.79 Å². The molecule has 0 aliphatic heterocycles. The van der Waals surface area contributed by atoms with E-state index in [0.717, 1.165) is 5.56 Å². The van der Waals surface area contributed by atoms with Crippen LogP contribution in [0.3, 0.4) is 0 Å². The molecule has 0 saturated heterocycles. The zero-order valence-corrected chi connectivity index (χ0v) is 12.9. The summed E-state index contributed by atoms with van der Waals surface area (Å²) in [5.74, 6) is -3.68. The van der Waals surface area contributed by atoms with E-state index < -0.39 is 42.4 Å². The van der Waals surface area contributed by atoms with Crippen molar-refractivity contribution in [1.29, 1.82) is 0 Å². The maximum atomic E-state index is 11.8. The van der Waals surface area contributed by atoms with Crippen molar-refractivity contribution < 1.29 is 34.1 Å². The van der Waals surface area contributed by atoms with E-state index in [2.05, 4.69) is 5.32 Å². The Morgan fingerprint density at radius 2 is 1.71 bits per heavy atom. The number of carbonyl (C=O) groups excluding carboxylic acids is 2. The van der Waals surface area contributed by atoms with Crippen molar-refractivity contribution in [2.45, 2.75) is 32.0 Å². The molecule has 0 radical (unpaired) electrons. The molecule has 0 aliphatic rings. The maximum Gasteiger partial charge on any atom is 0.408 e. The number of nitrogens with one attached hydrogen (secondary N) is 2. The smallest absolute Gasteiger partial charge is 0.408 e. The van der Waals surface area contributed by atoms with Crippen molar-refractivity contribution in [3.63, 3.8) is 0 Å². The van der Waals surface area contributed by atoms with Gasteiger partial charge >= 0.3 is 18.0 Å². The molecule has 0 aromatic heterocycles. The zero-order valence-electron chi connectivity index (χ0n) is 12.9. The molecule has 1 unspecified atom stereocenters. The third-order valence-electron chi connectivity index (χ3n) is 2.93. The van der Waals surface area contributed by atoms with Crippen LogP contribution in [0.2, 0.25) is 0 Å². The van der Waals surface area contributed by atoms with E-state index >= 15 is 0 Å². The van der Waals surface area contributed by atoms with Crippen molar-refractivity contribution in [2.24, 2.45) is 0 Å². The number of amides is 2. The molecule has 1 aromatic carbocycles. The number of carbonyl (C=O) groups is 4. The van der Waals surface area contributed by atoms with E-state index in [-0.39, 0.29) is 6.61 Å². The lowest BCUT2D eigenvalue weighted by Crippen LogP contribution is -2.51. The van der Waals surface area contributed by atoms with Gasteiger partial charge in [-0.3, -0.25) is 9.59 Å². The summed E-state index contributed by atoms with van der Waals surface area (Å²) in [7, 11) is 0. The molecule has 0 bridgehead atoms. The Labute approximate surface area is 137 Å². The van der Waals surface area contributed by atoms with Gasteiger partial charge in [0.2, 0.25) is 5.91 Å². The Morgan fingerprint density at radius 1 is 1.08 bits per heavy atom. The molecule has 0 fully saturated rings. The first kappa shape index (κ1) is 18.9. The van der Waals surface area contributed by atoms with E-state index in [1.165, 1.54) is 6.92 Å². The number of carboxylic acid groups (broad SMARTS) is 2. The zero-order chi connectivity index (χ0) is 18.1. The fraction of sp³-hybridized carbons (Fsp3) is 0.333. The highest BCUT2D eigenvalue weighted by molar-refractivity contribution is 5.90. The van der Waals surface area contributed by atoms with Gasteiger partial charge < -0.3 is 25.6 Å². The van der Waals surface area contributed by atoms with Gasteiger partial charge in [0.25, 0.3) is 0 Å². The molecule has 0 heterocycles. The Morgan fingerprint density at radius 3 is 2.25 bits per heavy atom. The number of alkyl carbamates (subject to hydrolysis) is 1. The molecular formula is C15H18N2O7. The van der Waals surface area contributed by atoms with Crippen molar-refractivity contribution in [3.8, 4) is 0 Å². The van der Waals surface area contributed by atoms with Crippen LogP contribution in [-0.2, 0) is 25.7 Å². The Bertz CT molecular complexity index is 603. The predicted molar refractivity (Wildman–Crippen MR) is 81.0 cm³/mol. The molecule has 0 aliphatic carbocycles. The number of rotatable bonds is 8. The minimum absolute atomic E-state index is 0.0117. The third kappa shape index (κ3) is 6.77. The van der Waals surface area contributed by atoms with Gasteiger partial charge in [0.05, 0.1) is 6.42 Å². The second-order valence-electron chi connectivity index (χ2n) is 4.93. The molecule has 130 valence electrons. The van der Waals surface area contributed by atoms with E-state index in [1.54, 1.807) is 24.3 Å². The van der Waals surface area contributed by atoms with Crippen LogP contribution in [0, 0.1) is 0 Å². The van der Waals surface area contributed by atoms with E-state index in [4.69, 9.17) is 14.9 Å². The van der Waals surface area contributed by atoms with Crippen LogP contribution >= 0.6 is 0 Å². The number of hydrogen-bond donors (Lipinski definition) is 4. The first-order valence-corrected chi connectivity index (χ1v) is 7.01. The number of carboxylic acids is 2. The van der Waals surface area contributed by atoms with Crippen molar-refractivity contribution in [1.82, 2.24) is 10.6 Å². The van der Waals surface area contributed by atoms with Crippen LogP contribution < -0.4 is 10.6 Å². The number of benzene rings is 1. The standard InChI is InChI=1S/C15H18N2O7/c1-9(13(20)17-11(14(21)22)7-12(18)19)16-15(23)24-8-10-5-3-2-4-6-10/h2-6,9,11H,7-8H2,1H3,(H,16,23)(H,17,20)(H,18,19)(H,21,22)/t9?,11-/m0/s1. The minimum Gasteiger partial charge on any atom is -0.481 e. The largest absolute Gasteiger partial charge is 0.481 e.